The van der Waals surface area contributed by atoms with Gasteiger partial charge >= 0.3 is 89.9 Å². The monoisotopic (exact) mass is 1900 g/mol. The SMILES string of the molecule is CC#N.F[P-](F)(F)(F)(F)F.F[P-](F)(F)(F)(F)F.O.O=C(O)CCCC[n+]1ccc(-c2cc[n+](CCCCC(=O)O)cc2)cc1.O=C(O)CCCC[n+]1ccc(-c2cc[n+](CCCCC(=O)O)cc2)cc1.O=P([O-])(O)O.O=P([O-])(O)O.c1cc2c3cccc(c3c1)OCCOCCOCCOCCOc1cccc3c(cccc13)OCCOCCOCCOCCO2. The molecule has 708 valence electrons. The Bertz CT molecular complexity index is 4080. The predicted molar refractivity (Wildman–Crippen MR) is 431 cm³/mol. The molecule has 10 N–H and O–H groups in total. The fraction of sp³-hybridized carbons (Fsp3) is 0.423. The summed E-state index contributed by atoms with van der Waals surface area (Å²) < 4.78 is 202. The number of carbonyl (C=O) groups is 4. The number of ether oxygens (including phenoxy) is 10. The number of pyridine rings is 4. The Labute approximate surface area is 716 Å². The van der Waals surface area contributed by atoms with E-state index in [4.69, 9.17) is 112 Å². The third-order valence-corrected chi connectivity index (χ3v) is 15.6. The van der Waals surface area contributed by atoms with E-state index in [0.29, 0.717) is 131 Å². The Morgan fingerprint density at radius 3 is 0.619 bits per heavy atom. The summed E-state index contributed by atoms with van der Waals surface area (Å²) in [5.41, 5.74) is 4.52. The van der Waals surface area contributed by atoms with Crippen LogP contribution in [0.2, 0.25) is 0 Å². The van der Waals surface area contributed by atoms with E-state index in [1.54, 1.807) is 6.07 Å². The third kappa shape index (κ3) is 68.8. The number of unbranched alkanes of at least 4 members (excludes halogenated alkanes) is 4. The molecule has 8 bridgehead atoms. The Hall–Kier alpha value is -9.47. The first-order valence-electron chi connectivity index (χ1n) is 38.1. The van der Waals surface area contributed by atoms with Crippen LogP contribution >= 0.6 is 31.3 Å². The molecule has 0 spiro atoms. The molecule has 0 amide bonds. The summed E-state index contributed by atoms with van der Waals surface area (Å²) in [7, 11) is -31.1. The summed E-state index contributed by atoms with van der Waals surface area (Å²) >= 11 is 0. The normalized spacial score (nSPS) is 14.6. The molecule has 4 aromatic carbocycles. The number of benzene rings is 4. The van der Waals surface area contributed by atoms with Crippen molar-refractivity contribution in [2.75, 3.05) is 106 Å². The second-order valence-electron chi connectivity index (χ2n) is 26.1. The van der Waals surface area contributed by atoms with Crippen molar-refractivity contribution in [1.82, 2.24) is 0 Å². The number of nitrogens with zero attached hydrogens (tertiary/aromatic N) is 5. The number of rotatable bonds is 22. The van der Waals surface area contributed by atoms with Crippen LogP contribution in [-0.4, -0.2) is 175 Å². The van der Waals surface area contributed by atoms with Crippen LogP contribution in [0.15, 0.2) is 171 Å². The van der Waals surface area contributed by atoms with Crippen LogP contribution < -0.4 is 47.0 Å². The van der Waals surface area contributed by atoms with Gasteiger partial charge in [-0.1, -0.05) is 48.5 Å². The first kappa shape index (κ1) is 115. The molecular weight excluding hydrogens is 1790 g/mol. The van der Waals surface area contributed by atoms with Crippen molar-refractivity contribution in [3.05, 3.63) is 171 Å². The van der Waals surface area contributed by atoms with E-state index in [1.165, 1.54) is 6.92 Å². The van der Waals surface area contributed by atoms with E-state index in [0.717, 1.165) is 119 Å². The second-order valence-corrected chi connectivity index (χ2v) is 31.9. The van der Waals surface area contributed by atoms with Gasteiger partial charge in [0, 0.05) is 128 Å². The molecule has 0 radical (unpaired) electrons. The minimum Gasteiger partial charge on any atom is -0.756 e. The first-order valence-corrected chi connectivity index (χ1v) is 45.2. The van der Waals surface area contributed by atoms with Gasteiger partial charge in [-0.3, -0.25) is 28.3 Å². The van der Waals surface area contributed by atoms with E-state index in [-0.39, 0.29) is 31.2 Å². The predicted octanol–water partition coefficient (Wildman–Crippen LogP) is 13.5. The summed E-state index contributed by atoms with van der Waals surface area (Å²) in [6.45, 7) is 12.1. The Kier molecular flexibility index (Phi) is 51.5. The van der Waals surface area contributed by atoms with Crippen LogP contribution in [0.5, 0.6) is 23.0 Å². The van der Waals surface area contributed by atoms with Crippen LogP contribution in [0.3, 0.4) is 0 Å². The van der Waals surface area contributed by atoms with E-state index in [9.17, 15) is 69.5 Å². The topological polar surface area (TPSA) is 473 Å². The largest absolute Gasteiger partial charge is 0.756 e. The number of aryl methyl sites for hydroxylation is 4. The fourth-order valence-electron chi connectivity index (χ4n) is 10.4. The summed E-state index contributed by atoms with van der Waals surface area (Å²) in [6.07, 6.45) is 23.2. The van der Waals surface area contributed by atoms with Gasteiger partial charge in [-0.2, -0.15) is 5.26 Å². The van der Waals surface area contributed by atoms with Crippen molar-refractivity contribution < 1.29 is 200 Å². The molecule has 8 aromatic rings. The summed E-state index contributed by atoms with van der Waals surface area (Å²) in [5, 5.41) is 45.8. The zero-order chi connectivity index (χ0) is 93.6. The number of halogens is 12. The Balaban J connectivity index is 0.000000849. The van der Waals surface area contributed by atoms with Gasteiger partial charge in [-0.05, 0) is 72.2 Å². The van der Waals surface area contributed by atoms with Crippen molar-refractivity contribution in [3.8, 4) is 51.3 Å². The number of hydrogen-bond acceptors (Lipinski definition) is 19. The quantitative estimate of drug-likeness (QED) is 0.0135. The molecule has 0 aliphatic carbocycles. The van der Waals surface area contributed by atoms with Gasteiger partial charge < -0.3 is 103 Å². The molecule has 48 heteroatoms. The van der Waals surface area contributed by atoms with E-state index >= 15 is 0 Å². The van der Waals surface area contributed by atoms with Gasteiger partial charge in [-0.15, -0.1) is 0 Å². The number of phosphoric acid groups is 2. The second kappa shape index (κ2) is 56.7. The van der Waals surface area contributed by atoms with Gasteiger partial charge in [0.05, 0.1) is 85.4 Å². The molecule has 4 aromatic heterocycles. The van der Waals surface area contributed by atoms with E-state index in [2.05, 4.69) is 66.8 Å². The van der Waals surface area contributed by atoms with Crippen molar-refractivity contribution in [2.45, 2.75) is 110 Å². The molecule has 0 saturated heterocycles. The van der Waals surface area contributed by atoms with Gasteiger partial charge in [-0.25, -0.2) is 18.3 Å². The van der Waals surface area contributed by atoms with Crippen LogP contribution in [-0.2, 0) is 82.9 Å². The summed E-state index contributed by atoms with van der Waals surface area (Å²) in [5.74, 6) is 0.184. The maximum Gasteiger partial charge on any atom is 0.303 e. The van der Waals surface area contributed by atoms with Crippen molar-refractivity contribution in [3.63, 3.8) is 0 Å². The van der Waals surface area contributed by atoms with Crippen molar-refractivity contribution in [2.24, 2.45) is 0 Å². The van der Waals surface area contributed by atoms with Gasteiger partial charge in [0.1, 0.15) is 75.6 Å². The summed E-state index contributed by atoms with van der Waals surface area (Å²) in [4.78, 5) is 87.9. The molecule has 0 unspecified atom stereocenters. The molecule has 0 atom stereocenters. The zero-order valence-electron chi connectivity index (χ0n) is 68.3. The number of nitriles is 1. The van der Waals surface area contributed by atoms with Crippen molar-refractivity contribution >= 4 is 76.7 Å². The standard InChI is InChI=1S/C36H44O10.2C20H24N2O4.C2H3N.2F6P.2H3O4P.H2O/c1-5-29-30-6-2-10-34(29)44-26-22-40-18-14-38-16-20-42-24-28-46-36-12-4-7-31-32(36)8-3-11-35(31)45-27-23-41-19-15-37-13-17-39-21-25-43-33(30)9-1;2*23-19(24)5-1-3-11-21-13-7-17(8-14-21)18-9-15-22(16-10-18)12-4-2-6-20(25)26;1-2-3;2*1-7(2,3,4,5)6;2*1-5(2,3)4;/h1-12H,13-28H2;2*7-10,13-16H,1-6,11-12H2;1H3;;;2*(H3,1,2,3,4);1H2/q;;;;2*-1;;;/p+2. The molecule has 32 nitrogen and oxygen atoms in total. The van der Waals surface area contributed by atoms with E-state index < -0.39 is 55.1 Å². The number of aliphatic carboxylic acids is 4. The number of hydrogen-bond donors (Lipinski definition) is 8. The van der Waals surface area contributed by atoms with E-state index in [1.807, 2.05) is 122 Å². The molecule has 0 fully saturated rings. The average Bonchev–Trinajstić information content (AvgIpc) is 0.817. The van der Waals surface area contributed by atoms with Gasteiger partial charge in [0.2, 0.25) is 0 Å². The molecule has 1 aliphatic rings. The number of carboxylic acids is 4. The van der Waals surface area contributed by atoms with Crippen LogP contribution in [0.4, 0.5) is 50.4 Å². The molecule has 126 heavy (non-hydrogen) atoms. The summed E-state index contributed by atoms with van der Waals surface area (Å²) in [6, 6.07) is 42.0. The Morgan fingerprint density at radius 2 is 0.476 bits per heavy atom. The molecule has 1 aliphatic heterocycles. The van der Waals surface area contributed by atoms with Crippen LogP contribution in [0, 0.1) is 11.3 Å². The number of aromatic nitrogens is 4. The smallest absolute Gasteiger partial charge is 0.303 e. The maximum absolute atomic E-state index is 10.7. The average molecular weight is 1900 g/mol. The zero-order valence-corrected chi connectivity index (χ0v) is 71.9. The van der Waals surface area contributed by atoms with Crippen LogP contribution in [0.25, 0.3) is 43.8 Å². The van der Waals surface area contributed by atoms with Gasteiger partial charge in [0.15, 0.2) is 49.6 Å². The molecule has 9 rings (SSSR count). The first-order chi connectivity index (χ1) is 58.3. The van der Waals surface area contributed by atoms with Crippen molar-refractivity contribution in [1.29, 1.82) is 5.26 Å². The Morgan fingerprint density at radius 1 is 0.333 bits per heavy atom. The maximum atomic E-state index is 10.5. The minimum absolute atomic E-state index is 0. The van der Waals surface area contributed by atoms with Crippen LogP contribution in [0.1, 0.15) is 84.0 Å². The number of carboxylic acid groups (broad SMARTS) is 4. The molecule has 0 saturated carbocycles. The fourth-order valence-corrected chi connectivity index (χ4v) is 10.4. The molecule has 5 heterocycles. The minimum atomic E-state index is -10.7. The van der Waals surface area contributed by atoms with Gasteiger partial charge in [0.25, 0.3) is 15.6 Å². The molecular formula is C78H105F12N5O27P4. The third-order valence-electron chi connectivity index (χ3n) is 15.6.